The Morgan fingerprint density at radius 3 is 1.67 bits per heavy atom. The quantitative estimate of drug-likeness (QED) is 0.428. The number of hydrogen-bond acceptors (Lipinski definition) is 0. The van der Waals surface area contributed by atoms with Crippen LogP contribution < -0.4 is 0 Å². The Morgan fingerprint density at radius 1 is 1.50 bits per heavy atom. The van der Waals surface area contributed by atoms with Crippen molar-refractivity contribution in [1.82, 2.24) is 0 Å². The Morgan fingerprint density at radius 2 is 1.67 bits per heavy atom. The van der Waals surface area contributed by atoms with Crippen molar-refractivity contribution in [2.45, 2.75) is 26.1 Å². The van der Waals surface area contributed by atoms with Gasteiger partial charge in [0.25, 0.3) is 0 Å². The molecule has 0 aliphatic carbocycles. The van der Waals surface area contributed by atoms with E-state index in [4.69, 9.17) is 0 Å². The van der Waals surface area contributed by atoms with Gasteiger partial charge in [-0.2, -0.15) is 0 Å². The molecule has 0 aromatic rings. The van der Waals surface area contributed by atoms with Gasteiger partial charge in [-0.25, -0.2) is 0 Å². The fraction of sp³-hybridized carbons (Fsp3) is 1.00. The standard InChI is InChI=1S/C4H13BSi/c1-4-6(2,3)5/h4-5H2,1-3H3. The summed E-state index contributed by atoms with van der Waals surface area (Å²) in [7, 11) is 1.75. The monoisotopic (exact) mass is 100 g/mol. The van der Waals surface area contributed by atoms with Crippen molar-refractivity contribution in [3.05, 3.63) is 0 Å². The summed E-state index contributed by atoms with van der Waals surface area (Å²) < 4.78 is 0. The molecule has 0 atom stereocenters. The van der Waals surface area contributed by atoms with Crippen LogP contribution in [0.2, 0.25) is 19.1 Å². The SMILES string of the molecule is B[Si](C)(C)CC. The summed E-state index contributed by atoms with van der Waals surface area (Å²) in [4.78, 5) is 0. The zero-order valence-electron chi connectivity index (χ0n) is 5.21. The first-order valence-corrected chi connectivity index (χ1v) is 6.27. The molecule has 0 nitrogen and oxygen atoms in total. The first kappa shape index (κ1) is 6.28. The van der Waals surface area contributed by atoms with Crippen molar-refractivity contribution in [2.24, 2.45) is 0 Å². The zero-order valence-corrected chi connectivity index (χ0v) is 6.21. The summed E-state index contributed by atoms with van der Waals surface area (Å²) >= 11 is 0. The maximum atomic E-state index is 2.38. The van der Waals surface area contributed by atoms with Crippen molar-refractivity contribution in [3.8, 4) is 0 Å². The molecule has 0 aliphatic rings. The van der Waals surface area contributed by atoms with Crippen LogP contribution in [0.25, 0.3) is 0 Å². The van der Waals surface area contributed by atoms with Gasteiger partial charge in [0, 0.05) is 7.94 Å². The lowest BCUT2D eigenvalue weighted by molar-refractivity contribution is 1.40. The number of rotatable bonds is 1. The first-order valence-electron chi connectivity index (χ1n) is 2.56. The summed E-state index contributed by atoms with van der Waals surface area (Å²) in [6.07, 6.45) is 0. The molecule has 0 saturated carbocycles. The molecule has 0 radical (unpaired) electrons. The molecule has 0 fully saturated rings. The van der Waals surface area contributed by atoms with Gasteiger partial charge in [0.1, 0.15) is 0 Å². The van der Waals surface area contributed by atoms with Crippen molar-refractivity contribution >= 4 is 15.4 Å². The maximum absolute atomic E-state index is 2.38. The molecule has 0 aromatic heterocycles. The third kappa shape index (κ3) is 4.28. The molecule has 2 heteroatoms. The summed E-state index contributed by atoms with van der Waals surface area (Å²) in [5.74, 6) is 0. The number of hydrogen-bond donors (Lipinski definition) is 0. The molecular weight excluding hydrogens is 86.9 g/mol. The molecule has 0 spiro atoms. The lowest BCUT2D eigenvalue weighted by atomic mass is 10.7. The lowest BCUT2D eigenvalue weighted by Gasteiger charge is -2.09. The van der Waals surface area contributed by atoms with Crippen LogP contribution in [0.1, 0.15) is 6.92 Å². The minimum absolute atomic E-state index is 0.631. The van der Waals surface area contributed by atoms with Crippen LogP contribution in [0.3, 0.4) is 0 Å². The molecule has 0 aliphatic heterocycles. The molecule has 0 saturated heterocycles. The maximum Gasteiger partial charge on any atom is 0.0966 e. The summed E-state index contributed by atoms with van der Waals surface area (Å²) in [6, 6.07) is 1.41. The van der Waals surface area contributed by atoms with E-state index in [1.54, 1.807) is 0 Å². The van der Waals surface area contributed by atoms with E-state index >= 15 is 0 Å². The van der Waals surface area contributed by atoms with Gasteiger partial charge in [0.05, 0.1) is 7.44 Å². The van der Waals surface area contributed by atoms with E-state index < -0.39 is 7.94 Å². The first-order chi connectivity index (χ1) is 2.56. The molecule has 0 aromatic carbocycles. The normalized spacial score (nSPS) is 11.8. The molecule has 36 valence electrons. The topological polar surface area (TPSA) is 0 Å². The van der Waals surface area contributed by atoms with E-state index in [1.165, 1.54) is 6.04 Å². The Bertz CT molecular complexity index is 37.3. The molecule has 0 heterocycles. The summed E-state index contributed by atoms with van der Waals surface area (Å²) in [6.45, 7) is 7.03. The third-order valence-electron chi connectivity index (χ3n) is 1.06. The molecule has 0 rings (SSSR count). The average Bonchev–Trinajstić information content (AvgIpc) is 1.35. The van der Waals surface area contributed by atoms with Crippen LogP contribution >= 0.6 is 0 Å². The summed E-state index contributed by atoms with van der Waals surface area (Å²) in [5.41, 5.74) is 0. The van der Waals surface area contributed by atoms with Crippen LogP contribution in [0.15, 0.2) is 0 Å². The Balaban J connectivity index is 3.17. The fourth-order valence-corrected chi connectivity index (χ4v) is 0. The molecule has 6 heavy (non-hydrogen) atoms. The average molecular weight is 100 g/mol. The highest BCUT2D eigenvalue weighted by atomic mass is 28.3. The lowest BCUT2D eigenvalue weighted by Crippen LogP contribution is -2.23. The fourth-order valence-electron chi connectivity index (χ4n) is 0. The third-order valence-corrected chi connectivity index (χ3v) is 3.18. The van der Waals surface area contributed by atoms with Crippen molar-refractivity contribution in [2.75, 3.05) is 0 Å². The van der Waals surface area contributed by atoms with Crippen molar-refractivity contribution in [1.29, 1.82) is 0 Å². The van der Waals surface area contributed by atoms with Gasteiger partial charge >= 0.3 is 0 Å². The van der Waals surface area contributed by atoms with E-state index in [0.717, 1.165) is 0 Å². The van der Waals surface area contributed by atoms with E-state index in [9.17, 15) is 0 Å². The van der Waals surface area contributed by atoms with Crippen LogP contribution in [-0.4, -0.2) is 15.4 Å². The van der Waals surface area contributed by atoms with Crippen LogP contribution in [-0.2, 0) is 0 Å². The molecular formula is C4H13BSi. The van der Waals surface area contributed by atoms with E-state index in [-0.39, 0.29) is 0 Å². The Kier molecular flexibility index (Phi) is 1.91. The molecule has 0 unspecified atom stereocenters. The van der Waals surface area contributed by atoms with Gasteiger partial charge in [-0.1, -0.05) is 26.1 Å². The van der Waals surface area contributed by atoms with Gasteiger partial charge < -0.3 is 0 Å². The van der Waals surface area contributed by atoms with Crippen LogP contribution in [0.4, 0.5) is 0 Å². The highest BCUT2D eigenvalue weighted by Crippen LogP contribution is 1.99. The smallest absolute Gasteiger partial charge is 0.0753 e. The summed E-state index contributed by atoms with van der Waals surface area (Å²) in [5, 5.41) is 0. The second-order valence-corrected chi connectivity index (χ2v) is 8.74. The van der Waals surface area contributed by atoms with Gasteiger partial charge in [-0.3, -0.25) is 0 Å². The zero-order chi connectivity index (χ0) is 5.21. The van der Waals surface area contributed by atoms with Crippen LogP contribution in [0, 0.1) is 0 Å². The van der Waals surface area contributed by atoms with E-state index in [2.05, 4.69) is 27.5 Å². The minimum Gasteiger partial charge on any atom is -0.0753 e. The van der Waals surface area contributed by atoms with Gasteiger partial charge in [-0.05, 0) is 0 Å². The van der Waals surface area contributed by atoms with Crippen molar-refractivity contribution < 1.29 is 0 Å². The van der Waals surface area contributed by atoms with Gasteiger partial charge in [-0.15, -0.1) is 0 Å². The van der Waals surface area contributed by atoms with Gasteiger partial charge in [0.2, 0.25) is 0 Å². The Hall–Kier alpha value is 0.282. The highest BCUT2D eigenvalue weighted by Gasteiger charge is 2.06. The predicted octanol–water partition coefficient (Wildman–Crippen LogP) is 0.844. The second kappa shape index (κ2) is 1.83. The van der Waals surface area contributed by atoms with Crippen LogP contribution in [0.5, 0.6) is 0 Å². The van der Waals surface area contributed by atoms with Gasteiger partial charge in [0.15, 0.2) is 0 Å². The molecule has 0 N–H and O–H groups in total. The predicted molar refractivity (Wildman–Crippen MR) is 36.5 cm³/mol. The van der Waals surface area contributed by atoms with Crippen molar-refractivity contribution in [3.63, 3.8) is 0 Å². The van der Waals surface area contributed by atoms with E-state index in [1.807, 2.05) is 0 Å². The largest absolute Gasteiger partial charge is 0.0966 e. The van der Waals surface area contributed by atoms with E-state index in [0.29, 0.717) is 0 Å². The Labute approximate surface area is 42.3 Å². The molecule has 0 bridgehead atoms. The molecule has 0 amide bonds. The second-order valence-electron chi connectivity index (χ2n) is 2.91. The highest BCUT2D eigenvalue weighted by molar-refractivity contribution is 7.15. The minimum atomic E-state index is -0.631.